The number of likely N-dealkylation sites (tertiary alicyclic amines) is 1. The monoisotopic (exact) mass is 525 g/mol. The molecule has 37 heavy (non-hydrogen) atoms. The average Bonchev–Trinajstić information content (AvgIpc) is 3.58. The lowest BCUT2D eigenvalue weighted by Crippen LogP contribution is -2.39. The van der Waals surface area contributed by atoms with Crippen molar-refractivity contribution in [3.63, 3.8) is 0 Å². The summed E-state index contributed by atoms with van der Waals surface area (Å²) in [4.78, 5) is 39.4. The molecule has 0 bridgehead atoms. The first-order valence-corrected chi connectivity index (χ1v) is 12.6. The van der Waals surface area contributed by atoms with E-state index in [1.54, 1.807) is 41.3 Å². The van der Waals surface area contributed by atoms with Crippen molar-refractivity contribution in [1.29, 1.82) is 0 Å². The number of piperidine rings is 1. The summed E-state index contributed by atoms with van der Waals surface area (Å²) < 4.78 is 24.3. The molecule has 5 rings (SSSR count). The minimum absolute atomic E-state index is 0.0717. The zero-order valence-electron chi connectivity index (χ0n) is 19.7. The van der Waals surface area contributed by atoms with Crippen LogP contribution in [0.25, 0.3) is 0 Å². The molecule has 0 spiro atoms. The predicted octanol–water partition coefficient (Wildman–Crippen LogP) is 3.22. The second kappa shape index (κ2) is 10.9. The SMILES string of the molecule is O=C(CC1CCN(C(=O)c2nnc(C(=O)Nc3ccc4c(c3)OCO4)s2)CC1)NCc1ccccc1F. The quantitative estimate of drug-likeness (QED) is 0.486. The maximum atomic E-state index is 13.7. The minimum atomic E-state index is -0.476. The van der Waals surface area contributed by atoms with Gasteiger partial charge in [-0.15, -0.1) is 10.2 Å². The minimum Gasteiger partial charge on any atom is -0.454 e. The van der Waals surface area contributed by atoms with Gasteiger partial charge in [0, 0.05) is 43.4 Å². The number of carbonyl (C=O) groups is 3. The van der Waals surface area contributed by atoms with Gasteiger partial charge in [0.05, 0.1) is 0 Å². The van der Waals surface area contributed by atoms with Crippen molar-refractivity contribution in [2.24, 2.45) is 5.92 Å². The Morgan fingerprint density at radius 3 is 2.59 bits per heavy atom. The summed E-state index contributed by atoms with van der Waals surface area (Å²) in [6, 6.07) is 11.4. The second-order valence-electron chi connectivity index (χ2n) is 8.74. The number of nitrogens with zero attached hydrogens (tertiary/aromatic N) is 3. The van der Waals surface area contributed by atoms with Crippen molar-refractivity contribution in [2.45, 2.75) is 25.8 Å². The molecule has 1 fully saturated rings. The van der Waals surface area contributed by atoms with E-state index < -0.39 is 5.91 Å². The fourth-order valence-electron chi connectivity index (χ4n) is 4.21. The van der Waals surface area contributed by atoms with Gasteiger partial charge in [-0.3, -0.25) is 14.4 Å². The smallest absolute Gasteiger partial charge is 0.286 e. The third-order valence-electron chi connectivity index (χ3n) is 6.24. The van der Waals surface area contributed by atoms with Gasteiger partial charge in [-0.1, -0.05) is 29.5 Å². The number of amides is 3. The highest BCUT2D eigenvalue weighted by Gasteiger charge is 2.28. The fourth-order valence-corrected chi connectivity index (χ4v) is 4.91. The summed E-state index contributed by atoms with van der Waals surface area (Å²) in [7, 11) is 0. The highest BCUT2D eigenvalue weighted by Crippen LogP contribution is 2.34. The Kier molecular flexibility index (Phi) is 7.26. The first-order valence-electron chi connectivity index (χ1n) is 11.8. The number of anilines is 1. The van der Waals surface area contributed by atoms with Gasteiger partial charge in [0.15, 0.2) is 11.5 Å². The van der Waals surface area contributed by atoms with Gasteiger partial charge >= 0.3 is 0 Å². The van der Waals surface area contributed by atoms with Crippen LogP contribution in [0.3, 0.4) is 0 Å². The number of ether oxygens (including phenoxy) is 2. The Morgan fingerprint density at radius 1 is 1.03 bits per heavy atom. The van der Waals surface area contributed by atoms with Crippen molar-refractivity contribution in [3.8, 4) is 11.5 Å². The molecule has 192 valence electrons. The van der Waals surface area contributed by atoms with Crippen molar-refractivity contribution >= 4 is 34.7 Å². The summed E-state index contributed by atoms with van der Waals surface area (Å²) in [5.74, 6) is 0.0144. The fraction of sp³-hybridized carbons (Fsp3) is 0.320. The lowest BCUT2D eigenvalue weighted by molar-refractivity contribution is -0.122. The highest BCUT2D eigenvalue weighted by molar-refractivity contribution is 7.15. The molecule has 1 saturated heterocycles. The third-order valence-corrected chi connectivity index (χ3v) is 7.15. The summed E-state index contributed by atoms with van der Waals surface area (Å²) in [6.45, 7) is 1.23. The molecule has 2 aromatic carbocycles. The van der Waals surface area contributed by atoms with E-state index in [4.69, 9.17) is 9.47 Å². The standard InChI is InChI=1S/C25H24FN5O5S/c26-18-4-2-1-3-16(18)13-27-21(32)11-15-7-9-31(10-8-15)25(34)24-30-29-23(37-24)22(33)28-17-5-6-19-20(12-17)36-14-35-19/h1-6,12,15H,7-11,13-14H2,(H,27,32)(H,28,33). The Balaban J connectivity index is 1.09. The maximum Gasteiger partial charge on any atom is 0.286 e. The molecule has 0 saturated carbocycles. The predicted molar refractivity (Wildman–Crippen MR) is 132 cm³/mol. The largest absolute Gasteiger partial charge is 0.454 e. The number of rotatable bonds is 7. The van der Waals surface area contributed by atoms with E-state index in [1.165, 1.54) is 6.07 Å². The lowest BCUT2D eigenvalue weighted by atomic mass is 9.93. The van der Waals surface area contributed by atoms with Crippen molar-refractivity contribution in [2.75, 3.05) is 25.2 Å². The first-order chi connectivity index (χ1) is 18.0. The van der Waals surface area contributed by atoms with E-state index in [0.717, 1.165) is 11.3 Å². The van der Waals surface area contributed by atoms with Gasteiger partial charge in [-0.2, -0.15) is 0 Å². The van der Waals surface area contributed by atoms with E-state index in [-0.39, 0.29) is 46.9 Å². The molecule has 12 heteroatoms. The molecule has 0 atom stereocenters. The molecule has 2 N–H and O–H groups in total. The normalized spacial score (nSPS) is 14.9. The zero-order valence-corrected chi connectivity index (χ0v) is 20.6. The van der Waals surface area contributed by atoms with Gasteiger partial charge in [0.25, 0.3) is 11.8 Å². The second-order valence-corrected chi connectivity index (χ2v) is 9.72. The van der Waals surface area contributed by atoms with Gasteiger partial charge in [-0.05, 0) is 37.0 Å². The molecular weight excluding hydrogens is 501 g/mol. The highest BCUT2D eigenvalue weighted by atomic mass is 32.1. The first kappa shape index (κ1) is 24.6. The molecule has 0 aliphatic carbocycles. The summed E-state index contributed by atoms with van der Waals surface area (Å²) in [5.41, 5.74) is 0.953. The van der Waals surface area contributed by atoms with Crippen LogP contribution in [0, 0.1) is 11.7 Å². The van der Waals surface area contributed by atoms with Crippen LogP contribution in [0.15, 0.2) is 42.5 Å². The van der Waals surface area contributed by atoms with Crippen LogP contribution in [0.5, 0.6) is 11.5 Å². The lowest BCUT2D eigenvalue weighted by Gasteiger charge is -2.31. The summed E-state index contributed by atoms with van der Waals surface area (Å²) >= 11 is 0.928. The maximum absolute atomic E-state index is 13.7. The van der Waals surface area contributed by atoms with E-state index in [0.29, 0.717) is 55.1 Å². The number of fused-ring (bicyclic) bond motifs is 1. The summed E-state index contributed by atoms with van der Waals surface area (Å²) in [5, 5.41) is 13.5. The Bertz CT molecular complexity index is 1320. The van der Waals surface area contributed by atoms with Crippen LogP contribution in [0.1, 0.15) is 44.4 Å². The zero-order chi connectivity index (χ0) is 25.8. The number of benzene rings is 2. The number of carbonyl (C=O) groups excluding carboxylic acids is 3. The van der Waals surface area contributed by atoms with Gasteiger partial charge in [-0.25, -0.2) is 4.39 Å². The number of nitrogens with one attached hydrogen (secondary N) is 2. The van der Waals surface area contributed by atoms with Crippen molar-refractivity contribution in [1.82, 2.24) is 20.4 Å². The molecule has 3 aromatic rings. The average molecular weight is 526 g/mol. The molecule has 3 heterocycles. The molecule has 2 aliphatic rings. The molecule has 10 nitrogen and oxygen atoms in total. The van der Waals surface area contributed by atoms with Crippen molar-refractivity contribution < 1.29 is 28.2 Å². The van der Waals surface area contributed by atoms with Crippen LogP contribution in [0.2, 0.25) is 0 Å². The summed E-state index contributed by atoms with van der Waals surface area (Å²) in [6.07, 6.45) is 1.64. The van der Waals surface area contributed by atoms with E-state index in [9.17, 15) is 18.8 Å². The Morgan fingerprint density at radius 2 is 1.78 bits per heavy atom. The van der Waals surface area contributed by atoms with Crippen LogP contribution in [0.4, 0.5) is 10.1 Å². The van der Waals surface area contributed by atoms with Crippen LogP contribution >= 0.6 is 11.3 Å². The van der Waals surface area contributed by atoms with E-state index in [1.807, 2.05) is 0 Å². The molecule has 2 aliphatic heterocycles. The topological polar surface area (TPSA) is 123 Å². The third kappa shape index (κ3) is 5.85. The number of aromatic nitrogens is 2. The molecule has 0 unspecified atom stereocenters. The van der Waals surface area contributed by atoms with E-state index >= 15 is 0 Å². The molecule has 1 aromatic heterocycles. The number of hydrogen-bond donors (Lipinski definition) is 2. The van der Waals surface area contributed by atoms with Crippen LogP contribution in [-0.2, 0) is 11.3 Å². The number of halogens is 1. The van der Waals surface area contributed by atoms with Gasteiger partial charge < -0.3 is 25.0 Å². The van der Waals surface area contributed by atoms with E-state index in [2.05, 4.69) is 20.8 Å². The molecule has 0 radical (unpaired) electrons. The Labute approximate surface area is 215 Å². The van der Waals surface area contributed by atoms with Gasteiger partial charge in [0.2, 0.25) is 22.7 Å². The van der Waals surface area contributed by atoms with Crippen LogP contribution < -0.4 is 20.1 Å². The Hall–Kier alpha value is -4.06. The molecular formula is C25H24FN5O5S. The number of hydrogen-bond acceptors (Lipinski definition) is 8. The van der Waals surface area contributed by atoms with Gasteiger partial charge in [0.1, 0.15) is 5.82 Å². The molecule has 3 amide bonds. The van der Waals surface area contributed by atoms with Crippen LogP contribution in [-0.4, -0.2) is 52.7 Å². The van der Waals surface area contributed by atoms with Crippen molar-refractivity contribution in [3.05, 3.63) is 63.9 Å².